The number of benzene rings is 2. The molecule has 5 heteroatoms. The van der Waals surface area contributed by atoms with E-state index in [1.165, 1.54) is 5.56 Å². The molecule has 3 rings (SSSR count). The second kappa shape index (κ2) is 8.04. The van der Waals surface area contributed by atoms with Crippen molar-refractivity contribution in [3.8, 4) is 0 Å². The molecule has 0 saturated carbocycles. The van der Waals surface area contributed by atoms with E-state index < -0.39 is 0 Å². The zero-order valence-electron chi connectivity index (χ0n) is 15.3. The molecule has 1 atom stereocenters. The number of urea groups is 1. The summed E-state index contributed by atoms with van der Waals surface area (Å²) in [6, 6.07) is 15.3. The number of nitrogens with one attached hydrogen (secondary N) is 2. The van der Waals surface area contributed by atoms with Gasteiger partial charge in [0.25, 0.3) is 5.91 Å². The molecule has 0 aromatic heterocycles. The Morgan fingerprint density at radius 3 is 2.81 bits per heavy atom. The average Bonchev–Trinajstić information content (AvgIpc) is 2.78. The highest BCUT2D eigenvalue weighted by molar-refractivity contribution is 5.96. The van der Waals surface area contributed by atoms with Gasteiger partial charge in [0.05, 0.1) is 0 Å². The third kappa shape index (κ3) is 4.04. The zero-order valence-corrected chi connectivity index (χ0v) is 15.3. The quantitative estimate of drug-likeness (QED) is 0.886. The highest BCUT2D eigenvalue weighted by Gasteiger charge is 2.26. The van der Waals surface area contributed by atoms with Gasteiger partial charge in [-0.2, -0.15) is 0 Å². The van der Waals surface area contributed by atoms with Gasteiger partial charge >= 0.3 is 6.03 Å². The van der Waals surface area contributed by atoms with Crippen LogP contribution in [0.4, 0.5) is 10.5 Å². The second-order valence-electron chi connectivity index (χ2n) is 6.65. The van der Waals surface area contributed by atoms with Gasteiger partial charge in [0.15, 0.2) is 0 Å². The molecule has 0 aliphatic carbocycles. The number of hydrogen-bond acceptors (Lipinski definition) is 2. The second-order valence-corrected chi connectivity index (χ2v) is 6.65. The summed E-state index contributed by atoms with van der Waals surface area (Å²) in [5.41, 5.74) is 3.79. The SMILES string of the molecule is CCc1cccc(NC(=O)NCC2CCc3ccccc3C(=O)N2C)c1. The van der Waals surface area contributed by atoms with Crippen LogP contribution in [0.2, 0.25) is 0 Å². The molecular weight excluding hydrogens is 326 g/mol. The molecule has 3 amide bonds. The van der Waals surface area contributed by atoms with Crippen molar-refractivity contribution < 1.29 is 9.59 Å². The number of rotatable bonds is 4. The van der Waals surface area contributed by atoms with E-state index in [1.807, 2.05) is 48.5 Å². The van der Waals surface area contributed by atoms with Gasteiger partial charge < -0.3 is 15.5 Å². The molecule has 2 N–H and O–H groups in total. The molecule has 1 aliphatic rings. The number of amides is 3. The van der Waals surface area contributed by atoms with Crippen molar-refractivity contribution in [1.82, 2.24) is 10.2 Å². The van der Waals surface area contributed by atoms with Crippen molar-refractivity contribution in [1.29, 1.82) is 0 Å². The molecule has 2 aromatic carbocycles. The molecule has 0 fully saturated rings. The Morgan fingerprint density at radius 2 is 2.00 bits per heavy atom. The van der Waals surface area contributed by atoms with Crippen LogP contribution in [0, 0.1) is 0 Å². The maximum absolute atomic E-state index is 12.7. The highest BCUT2D eigenvalue weighted by Crippen LogP contribution is 2.21. The van der Waals surface area contributed by atoms with Gasteiger partial charge in [0.2, 0.25) is 0 Å². The van der Waals surface area contributed by atoms with Gasteiger partial charge in [-0.1, -0.05) is 37.3 Å². The average molecular weight is 351 g/mol. The van der Waals surface area contributed by atoms with Crippen LogP contribution in [0.15, 0.2) is 48.5 Å². The van der Waals surface area contributed by atoms with Crippen molar-refractivity contribution in [2.45, 2.75) is 32.2 Å². The molecule has 26 heavy (non-hydrogen) atoms. The minimum absolute atomic E-state index is 0.0148. The van der Waals surface area contributed by atoms with Crippen molar-refractivity contribution in [3.05, 3.63) is 65.2 Å². The summed E-state index contributed by atoms with van der Waals surface area (Å²) in [4.78, 5) is 26.6. The van der Waals surface area contributed by atoms with Crippen LogP contribution in [0.1, 0.15) is 34.8 Å². The van der Waals surface area contributed by atoms with E-state index in [0.717, 1.165) is 36.1 Å². The Bertz CT molecular complexity index is 803. The van der Waals surface area contributed by atoms with Crippen LogP contribution in [0.3, 0.4) is 0 Å². The van der Waals surface area contributed by atoms with Crippen LogP contribution in [0.25, 0.3) is 0 Å². The zero-order chi connectivity index (χ0) is 18.5. The first-order valence-electron chi connectivity index (χ1n) is 9.07. The summed E-state index contributed by atoms with van der Waals surface area (Å²) in [7, 11) is 1.80. The van der Waals surface area contributed by atoms with Gasteiger partial charge in [-0.25, -0.2) is 4.79 Å². The largest absolute Gasteiger partial charge is 0.337 e. The molecule has 0 spiro atoms. The molecule has 5 nitrogen and oxygen atoms in total. The molecule has 2 aromatic rings. The lowest BCUT2D eigenvalue weighted by Gasteiger charge is -2.26. The predicted octanol–water partition coefficient (Wildman–Crippen LogP) is 3.46. The van der Waals surface area contributed by atoms with Gasteiger partial charge in [-0.15, -0.1) is 0 Å². The molecule has 0 saturated heterocycles. The Hall–Kier alpha value is -2.82. The first-order chi connectivity index (χ1) is 12.6. The summed E-state index contributed by atoms with van der Waals surface area (Å²) in [5, 5.41) is 5.76. The minimum atomic E-state index is -0.249. The van der Waals surface area contributed by atoms with Gasteiger partial charge in [-0.05, 0) is 48.6 Å². The molecule has 136 valence electrons. The molecule has 1 heterocycles. The monoisotopic (exact) mass is 351 g/mol. The van der Waals surface area contributed by atoms with Gasteiger partial charge in [-0.3, -0.25) is 4.79 Å². The van der Waals surface area contributed by atoms with E-state index in [2.05, 4.69) is 17.6 Å². The number of likely N-dealkylation sites (N-methyl/N-ethyl adjacent to an activating group) is 1. The molecular formula is C21H25N3O2. The standard InChI is InChI=1S/C21H25N3O2/c1-3-15-7-6-9-17(13-15)23-21(26)22-14-18-12-11-16-8-4-5-10-19(16)20(25)24(18)2/h4-10,13,18H,3,11-12,14H2,1-2H3,(H2,22,23,26). The van der Waals surface area contributed by atoms with Crippen LogP contribution in [-0.2, 0) is 12.8 Å². The predicted molar refractivity (Wildman–Crippen MR) is 103 cm³/mol. The topological polar surface area (TPSA) is 61.4 Å². The third-order valence-electron chi connectivity index (χ3n) is 4.95. The van der Waals surface area contributed by atoms with Crippen molar-refractivity contribution in [2.24, 2.45) is 0 Å². The van der Waals surface area contributed by atoms with Crippen LogP contribution in [-0.4, -0.2) is 36.5 Å². The highest BCUT2D eigenvalue weighted by atomic mass is 16.2. The fourth-order valence-electron chi connectivity index (χ4n) is 3.31. The number of carbonyl (C=O) groups is 2. The molecule has 0 bridgehead atoms. The number of hydrogen-bond donors (Lipinski definition) is 2. The van der Waals surface area contributed by atoms with Crippen LogP contribution >= 0.6 is 0 Å². The Morgan fingerprint density at radius 1 is 1.19 bits per heavy atom. The summed E-state index contributed by atoms with van der Waals surface area (Å²) < 4.78 is 0. The Balaban J connectivity index is 1.59. The van der Waals surface area contributed by atoms with Crippen LogP contribution < -0.4 is 10.6 Å². The third-order valence-corrected chi connectivity index (χ3v) is 4.95. The number of aryl methyl sites for hydroxylation is 2. The number of carbonyl (C=O) groups excluding carboxylic acids is 2. The fourth-order valence-corrected chi connectivity index (χ4v) is 3.31. The Kier molecular flexibility index (Phi) is 5.56. The summed E-state index contributed by atoms with van der Waals surface area (Å²) >= 11 is 0. The summed E-state index contributed by atoms with van der Waals surface area (Å²) in [6.45, 7) is 2.51. The van der Waals surface area contributed by atoms with Crippen LogP contribution in [0.5, 0.6) is 0 Å². The molecule has 1 aliphatic heterocycles. The van der Waals surface area contributed by atoms with E-state index in [0.29, 0.717) is 6.54 Å². The van der Waals surface area contributed by atoms with Crippen molar-refractivity contribution in [2.75, 3.05) is 18.9 Å². The van der Waals surface area contributed by atoms with E-state index in [4.69, 9.17) is 0 Å². The Labute approximate surface area is 154 Å². The summed E-state index contributed by atoms with van der Waals surface area (Å²) in [6.07, 6.45) is 2.58. The van der Waals surface area contributed by atoms with E-state index in [1.54, 1.807) is 11.9 Å². The lowest BCUT2D eigenvalue weighted by molar-refractivity contribution is 0.0735. The lowest BCUT2D eigenvalue weighted by Crippen LogP contribution is -2.45. The normalized spacial score (nSPS) is 16.6. The first kappa shape index (κ1) is 18.0. The lowest BCUT2D eigenvalue weighted by atomic mass is 10.0. The number of nitrogens with zero attached hydrogens (tertiary/aromatic N) is 1. The maximum Gasteiger partial charge on any atom is 0.319 e. The van der Waals surface area contributed by atoms with E-state index >= 15 is 0 Å². The van der Waals surface area contributed by atoms with Gasteiger partial charge in [0, 0.05) is 30.9 Å². The first-order valence-corrected chi connectivity index (χ1v) is 9.07. The maximum atomic E-state index is 12.7. The van der Waals surface area contributed by atoms with Crippen molar-refractivity contribution >= 4 is 17.6 Å². The minimum Gasteiger partial charge on any atom is -0.337 e. The van der Waals surface area contributed by atoms with Gasteiger partial charge in [0.1, 0.15) is 0 Å². The number of fused-ring (bicyclic) bond motifs is 1. The van der Waals surface area contributed by atoms with E-state index in [-0.39, 0.29) is 18.0 Å². The molecule has 1 unspecified atom stereocenters. The van der Waals surface area contributed by atoms with Crippen molar-refractivity contribution in [3.63, 3.8) is 0 Å². The number of anilines is 1. The smallest absolute Gasteiger partial charge is 0.319 e. The van der Waals surface area contributed by atoms with E-state index in [9.17, 15) is 9.59 Å². The summed E-state index contributed by atoms with van der Waals surface area (Å²) in [5.74, 6) is 0.0148. The fraction of sp³-hybridized carbons (Fsp3) is 0.333. The molecule has 0 radical (unpaired) electrons.